The maximum Gasteiger partial charge on any atom is 0.322 e. The number of aromatic nitrogens is 1. The Morgan fingerprint density at radius 1 is 1.22 bits per heavy atom. The van der Waals surface area contributed by atoms with Gasteiger partial charge < -0.3 is 15.5 Å². The lowest BCUT2D eigenvalue weighted by molar-refractivity contribution is 0.170. The largest absolute Gasteiger partial charge is 0.322 e. The first-order valence-corrected chi connectivity index (χ1v) is 9.44. The minimum Gasteiger partial charge on any atom is -0.319 e. The second kappa shape index (κ2) is 7.94. The standard InChI is InChI=1S/C21H21ClN4O/c22-17-6-7-20-16(12-17)10-15(13-24-20)11-19-14-23-8-9-26(19)21(27)25-18-4-2-1-3-5-18/h1-7,10,12-13,19,23H,8-9,11,14H2,(H,25,27). The summed E-state index contributed by atoms with van der Waals surface area (Å²) >= 11 is 6.11. The van der Waals surface area contributed by atoms with Gasteiger partial charge in [-0.3, -0.25) is 4.98 Å². The van der Waals surface area contributed by atoms with E-state index in [1.807, 2.05) is 59.6 Å². The van der Waals surface area contributed by atoms with Crippen LogP contribution in [0.5, 0.6) is 0 Å². The number of carbonyl (C=O) groups excluding carboxylic acids is 1. The van der Waals surface area contributed by atoms with Crippen molar-refractivity contribution in [2.75, 3.05) is 25.0 Å². The maximum atomic E-state index is 12.8. The molecule has 1 atom stereocenters. The lowest BCUT2D eigenvalue weighted by Crippen LogP contribution is -2.55. The fourth-order valence-electron chi connectivity index (χ4n) is 3.46. The van der Waals surface area contributed by atoms with E-state index in [1.165, 1.54) is 0 Å². The minimum absolute atomic E-state index is 0.0653. The Kier molecular flexibility index (Phi) is 5.23. The summed E-state index contributed by atoms with van der Waals surface area (Å²) in [6.45, 7) is 2.23. The maximum absolute atomic E-state index is 12.8. The van der Waals surface area contributed by atoms with E-state index in [1.54, 1.807) is 0 Å². The number of hydrogen-bond acceptors (Lipinski definition) is 3. The van der Waals surface area contributed by atoms with Gasteiger partial charge in [-0.25, -0.2) is 4.79 Å². The van der Waals surface area contributed by atoms with Gasteiger partial charge in [-0.2, -0.15) is 0 Å². The zero-order chi connectivity index (χ0) is 18.6. The third kappa shape index (κ3) is 4.21. The molecule has 27 heavy (non-hydrogen) atoms. The van der Waals surface area contributed by atoms with Crippen molar-refractivity contribution >= 4 is 34.2 Å². The number of rotatable bonds is 3. The normalized spacial score (nSPS) is 17.1. The summed E-state index contributed by atoms with van der Waals surface area (Å²) in [7, 11) is 0. The summed E-state index contributed by atoms with van der Waals surface area (Å²) < 4.78 is 0. The molecule has 1 saturated heterocycles. The van der Waals surface area contributed by atoms with Crippen molar-refractivity contribution in [2.24, 2.45) is 0 Å². The van der Waals surface area contributed by atoms with Crippen LogP contribution in [0.15, 0.2) is 60.8 Å². The number of fused-ring (bicyclic) bond motifs is 1. The predicted octanol–water partition coefficient (Wildman–Crippen LogP) is 3.94. The van der Waals surface area contributed by atoms with Gasteiger partial charge in [-0.05, 0) is 48.4 Å². The summed E-state index contributed by atoms with van der Waals surface area (Å²) in [4.78, 5) is 19.2. The molecule has 2 amide bonds. The van der Waals surface area contributed by atoms with E-state index in [4.69, 9.17) is 11.6 Å². The minimum atomic E-state index is -0.0653. The first kappa shape index (κ1) is 17.8. The average molecular weight is 381 g/mol. The number of carbonyl (C=O) groups is 1. The summed E-state index contributed by atoms with van der Waals surface area (Å²) in [5, 5.41) is 8.09. The monoisotopic (exact) mass is 380 g/mol. The van der Waals surface area contributed by atoms with Crippen molar-refractivity contribution in [1.82, 2.24) is 15.2 Å². The molecule has 1 aliphatic heterocycles. The average Bonchev–Trinajstić information content (AvgIpc) is 2.69. The first-order valence-electron chi connectivity index (χ1n) is 9.06. The van der Waals surface area contributed by atoms with E-state index < -0.39 is 0 Å². The van der Waals surface area contributed by atoms with Gasteiger partial charge in [0.2, 0.25) is 0 Å². The summed E-state index contributed by atoms with van der Waals surface area (Å²) in [5.41, 5.74) is 2.82. The molecule has 2 aromatic carbocycles. The molecule has 0 saturated carbocycles. The number of para-hydroxylation sites is 1. The van der Waals surface area contributed by atoms with Crippen molar-refractivity contribution in [3.05, 3.63) is 71.4 Å². The molecule has 2 heterocycles. The number of halogens is 1. The molecule has 6 heteroatoms. The van der Waals surface area contributed by atoms with E-state index in [0.717, 1.165) is 41.7 Å². The molecule has 0 bridgehead atoms. The van der Waals surface area contributed by atoms with E-state index in [0.29, 0.717) is 11.6 Å². The highest BCUT2D eigenvalue weighted by Gasteiger charge is 2.27. The fourth-order valence-corrected chi connectivity index (χ4v) is 3.64. The van der Waals surface area contributed by atoms with Crippen molar-refractivity contribution in [3.63, 3.8) is 0 Å². The van der Waals surface area contributed by atoms with Gasteiger partial charge in [0.05, 0.1) is 11.6 Å². The SMILES string of the molecule is O=C(Nc1ccccc1)N1CCNCC1Cc1cnc2ccc(Cl)cc2c1. The molecule has 4 rings (SSSR count). The second-order valence-electron chi connectivity index (χ2n) is 6.73. The third-order valence-corrected chi connectivity index (χ3v) is 5.04. The number of hydrogen-bond donors (Lipinski definition) is 2. The van der Waals surface area contributed by atoms with Crippen molar-refractivity contribution in [3.8, 4) is 0 Å². The van der Waals surface area contributed by atoms with Gasteiger partial charge in [0.1, 0.15) is 0 Å². The highest BCUT2D eigenvalue weighted by Crippen LogP contribution is 2.20. The number of amides is 2. The van der Waals surface area contributed by atoms with Gasteiger partial charge in [0.15, 0.2) is 0 Å². The molecular formula is C21H21ClN4O. The number of anilines is 1. The summed E-state index contributed by atoms with van der Waals surface area (Å²) in [6, 6.07) is 17.3. The topological polar surface area (TPSA) is 57.3 Å². The van der Waals surface area contributed by atoms with Crippen LogP contribution in [0.25, 0.3) is 10.9 Å². The number of urea groups is 1. The smallest absolute Gasteiger partial charge is 0.319 e. The number of piperazine rings is 1. The van der Waals surface area contributed by atoms with Crippen LogP contribution < -0.4 is 10.6 Å². The molecule has 3 aromatic rings. The highest BCUT2D eigenvalue weighted by atomic mass is 35.5. The number of pyridine rings is 1. The quantitative estimate of drug-likeness (QED) is 0.723. The van der Waals surface area contributed by atoms with Crippen LogP contribution >= 0.6 is 11.6 Å². The Morgan fingerprint density at radius 2 is 2.07 bits per heavy atom. The molecule has 2 N–H and O–H groups in total. The number of benzene rings is 2. The Morgan fingerprint density at radius 3 is 2.93 bits per heavy atom. The molecule has 1 fully saturated rings. The molecule has 5 nitrogen and oxygen atoms in total. The Labute approximate surface area is 163 Å². The molecule has 0 radical (unpaired) electrons. The van der Waals surface area contributed by atoms with E-state index in [2.05, 4.69) is 21.7 Å². The summed E-state index contributed by atoms with van der Waals surface area (Å²) in [6.07, 6.45) is 2.63. The number of nitrogens with one attached hydrogen (secondary N) is 2. The molecule has 0 spiro atoms. The molecule has 1 unspecified atom stereocenters. The van der Waals surface area contributed by atoms with Crippen LogP contribution in [0.1, 0.15) is 5.56 Å². The predicted molar refractivity (Wildman–Crippen MR) is 109 cm³/mol. The van der Waals surface area contributed by atoms with Crippen LogP contribution in [0.2, 0.25) is 5.02 Å². The Bertz CT molecular complexity index is 947. The fraction of sp³-hybridized carbons (Fsp3) is 0.238. The summed E-state index contributed by atoms with van der Waals surface area (Å²) in [5.74, 6) is 0. The second-order valence-corrected chi connectivity index (χ2v) is 7.17. The lowest BCUT2D eigenvalue weighted by atomic mass is 10.0. The van der Waals surface area contributed by atoms with Crippen LogP contribution in [-0.2, 0) is 6.42 Å². The van der Waals surface area contributed by atoms with Gasteiger partial charge in [0.25, 0.3) is 0 Å². The van der Waals surface area contributed by atoms with Crippen LogP contribution in [-0.4, -0.2) is 41.6 Å². The third-order valence-electron chi connectivity index (χ3n) is 4.81. The first-order chi connectivity index (χ1) is 13.2. The van der Waals surface area contributed by atoms with Crippen LogP contribution in [0.3, 0.4) is 0 Å². The lowest BCUT2D eigenvalue weighted by Gasteiger charge is -2.36. The zero-order valence-corrected chi connectivity index (χ0v) is 15.6. The van der Waals surface area contributed by atoms with Gasteiger partial charge in [-0.15, -0.1) is 0 Å². The Hall–Kier alpha value is -2.63. The van der Waals surface area contributed by atoms with E-state index in [9.17, 15) is 4.79 Å². The Balaban J connectivity index is 1.51. The molecular weight excluding hydrogens is 360 g/mol. The van der Waals surface area contributed by atoms with Crippen molar-refractivity contribution < 1.29 is 4.79 Å². The molecule has 0 aliphatic carbocycles. The van der Waals surface area contributed by atoms with Crippen molar-refractivity contribution in [1.29, 1.82) is 0 Å². The van der Waals surface area contributed by atoms with Gasteiger partial charge in [-0.1, -0.05) is 29.8 Å². The molecule has 1 aliphatic rings. The van der Waals surface area contributed by atoms with Crippen LogP contribution in [0, 0.1) is 0 Å². The van der Waals surface area contributed by atoms with E-state index >= 15 is 0 Å². The van der Waals surface area contributed by atoms with Crippen molar-refractivity contribution in [2.45, 2.75) is 12.5 Å². The van der Waals surface area contributed by atoms with Gasteiger partial charge in [0, 0.05) is 41.9 Å². The van der Waals surface area contributed by atoms with E-state index in [-0.39, 0.29) is 12.1 Å². The highest BCUT2D eigenvalue weighted by molar-refractivity contribution is 6.31. The molecule has 138 valence electrons. The zero-order valence-electron chi connectivity index (χ0n) is 14.9. The molecule has 1 aromatic heterocycles. The van der Waals surface area contributed by atoms with Gasteiger partial charge >= 0.3 is 6.03 Å². The van der Waals surface area contributed by atoms with Crippen LogP contribution in [0.4, 0.5) is 10.5 Å². The number of nitrogens with zero attached hydrogens (tertiary/aromatic N) is 2.